The molecule has 0 radical (unpaired) electrons. The SMILES string of the molecule is C[C@H]1COCCN1c1cc(C2(S(C)(=O)=O)CC2)nc(-c2ccc(NC(=O)NCc3ncn[nH]3)cc2)n1. The molecule has 1 aliphatic carbocycles. The zero-order chi connectivity index (χ0) is 25.3. The Kier molecular flexibility index (Phi) is 6.35. The summed E-state index contributed by atoms with van der Waals surface area (Å²) in [7, 11) is -3.34. The van der Waals surface area contributed by atoms with Gasteiger partial charge in [0, 0.05) is 30.1 Å². The number of nitrogens with one attached hydrogen (secondary N) is 3. The molecule has 5 rings (SSSR count). The van der Waals surface area contributed by atoms with Crippen LogP contribution in [0.3, 0.4) is 0 Å². The molecule has 190 valence electrons. The van der Waals surface area contributed by atoms with Gasteiger partial charge >= 0.3 is 6.03 Å². The van der Waals surface area contributed by atoms with Crippen molar-refractivity contribution in [1.29, 1.82) is 0 Å². The van der Waals surface area contributed by atoms with Gasteiger partial charge in [-0.15, -0.1) is 0 Å². The molecule has 3 aromatic rings. The summed E-state index contributed by atoms with van der Waals surface area (Å²) < 4.78 is 29.9. The van der Waals surface area contributed by atoms with E-state index in [1.54, 1.807) is 24.3 Å². The fraction of sp³-hybridized carbons (Fsp3) is 0.435. The van der Waals surface area contributed by atoms with Crippen molar-refractivity contribution in [3.05, 3.63) is 48.2 Å². The Morgan fingerprint density at radius 3 is 2.67 bits per heavy atom. The lowest BCUT2D eigenvalue weighted by molar-refractivity contribution is 0.0985. The first-order valence-electron chi connectivity index (χ1n) is 11.7. The van der Waals surface area contributed by atoms with Crippen LogP contribution < -0.4 is 15.5 Å². The summed E-state index contributed by atoms with van der Waals surface area (Å²) in [5, 5.41) is 11.9. The lowest BCUT2D eigenvalue weighted by Gasteiger charge is -2.34. The van der Waals surface area contributed by atoms with Crippen LogP contribution >= 0.6 is 0 Å². The molecule has 36 heavy (non-hydrogen) atoms. The monoisotopic (exact) mass is 512 g/mol. The highest BCUT2D eigenvalue weighted by atomic mass is 32.2. The van der Waals surface area contributed by atoms with Crippen LogP contribution in [0.25, 0.3) is 11.4 Å². The minimum Gasteiger partial charge on any atom is -0.377 e. The molecule has 12 nitrogen and oxygen atoms in total. The molecule has 1 saturated heterocycles. The second-order valence-corrected chi connectivity index (χ2v) is 11.5. The van der Waals surface area contributed by atoms with Crippen molar-refractivity contribution in [3.8, 4) is 11.4 Å². The van der Waals surface area contributed by atoms with Gasteiger partial charge in [0.25, 0.3) is 0 Å². The molecule has 2 aromatic heterocycles. The topological polar surface area (TPSA) is 155 Å². The van der Waals surface area contributed by atoms with Gasteiger partial charge in [0.05, 0.1) is 31.5 Å². The van der Waals surface area contributed by atoms with Crippen molar-refractivity contribution < 1.29 is 17.9 Å². The summed E-state index contributed by atoms with van der Waals surface area (Å²) in [4.78, 5) is 27.8. The van der Waals surface area contributed by atoms with Gasteiger partial charge in [-0.3, -0.25) is 5.10 Å². The van der Waals surface area contributed by atoms with Gasteiger partial charge in [-0.05, 0) is 44.0 Å². The highest BCUT2D eigenvalue weighted by Crippen LogP contribution is 2.52. The zero-order valence-electron chi connectivity index (χ0n) is 20.1. The Hall–Kier alpha value is -3.58. The van der Waals surface area contributed by atoms with Gasteiger partial charge in [-0.1, -0.05) is 0 Å². The zero-order valence-corrected chi connectivity index (χ0v) is 20.9. The molecule has 0 unspecified atom stereocenters. The molecule has 1 aliphatic heterocycles. The van der Waals surface area contributed by atoms with Gasteiger partial charge in [-0.25, -0.2) is 28.2 Å². The van der Waals surface area contributed by atoms with Gasteiger partial charge in [0.15, 0.2) is 15.7 Å². The Bertz CT molecular complexity index is 1340. The first-order chi connectivity index (χ1) is 17.2. The first kappa shape index (κ1) is 24.1. The van der Waals surface area contributed by atoms with Crippen molar-refractivity contribution in [2.24, 2.45) is 0 Å². The van der Waals surface area contributed by atoms with Crippen LogP contribution in [-0.2, 0) is 25.9 Å². The number of aromatic amines is 1. The standard InChI is InChI=1S/C23H28N8O4S/c1-15-13-35-10-9-31(15)20-11-18(23(7-8-23)36(2,33)34)28-21(29-20)16-3-5-17(6-4-16)27-22(32)24-12-19-25-14-26-30-19/h3-6,11,14-15H,7-10,12-13H2,1-2H3,(H2,24,27,32)(H,25,26,30)/t15-/m0/s1. The van der Waals surface area contributed by atoms with Gasteiger partial charge in [0.2, 0.25) is 0 Å². The number of rotatable bonds is 7. The highest BCUT2D eigenvalue weighted by Gasteiger charge is 2.55. The van der Waals surface area contributed by atoms with Crippen LogP contribution in [0.1, 0.15) is 31.3 Å². The maximum Gasteiger partial charge on any atom is 0.319 e. The predicted molar refractivity (Wildman–Crippen MR) is 133 cm³/mol. The fourth-order valence-electron chi connectivity index (χ4n) is 4.30. The first-order valence-corrected chi connectivity index (χ1v) is 13.6. The fourth-order valence-corrected chi connectivity index (χ4v) is 5.63. The number of morpholine rings is 1. The van der Waals surface area contributed by atoms with E-state index in [0.717, 1.165) is 5.56 Å². The van der Waals surface area contributed by atoms with Gasteiger partial charge < -0.3 is 20.3 Å². The van der Waals surface area contributed by atoms with E-state index in [1.807, 2.05) is 6.07 Å². The number of H-pyrrole nitrogens is 1. The Morgan fingerprint density at radius 1 is 1.25 bits per heavy atom. The van der Waals surface area contributed by atoms with Crippen molar-refractivity contribution >= 4 is 27.4 Å². The van der Waals surface area contributed by atoms with Gasteiger partial charge in [-0.2, -0.15) is 5.10 Å². The van der Waals surface area contributed by atoms with Crippen LogP contribution in [0.5, 0.6) is 0 Å². The van der Waals surface area contributed by atoms with Crippen LogP contribution in [0.4, 0.5) is 16.3 Å². The Morgan fingerprint density at radius 2 is 2.03 bits per heavy atom. The molecule has 1 atom stereocenters. The number of ether oxygens (including phenoxy) is 1. The maximum absolute atomic E-state index is 12.6. The molecule has 13 heteroatoms. The van der Waals surface area contributed by atoms with E-state index >= 15 is 0 Å². The van der Waals surface area contributed by atoms with Crippen LogP contribution in [-0.4, -0.2) is 71.7 Å². The van der Waals surface area contributed by atoms with Crippen molar-refractivity contribution in [3.63, 3.8) is 0 Å². The molecule has 0 spiro atoms. The number of hydrogen-bond acceptors (Lipinski definition) is 9. The third-order valence-electron chi connectivity index (χ3n) is 6.54. The molecule has 2 aliphatic rings. The van der Waals surface area contributed by atoms with E-state index in [4.69, 9.17) is 14.7 Å². The molecular weight excluding hydrogens is 484 g/mol. The predicted octanol–water partition coefficient (Wildman–Crippen LogP) is 1.84. The normalized spacial score (nSPS) is 19.1. The Balaban J connectivity index is 1.40. The molecule has 1 saturated carbocycles. The third kappa shape index (κ3) is 4.88. The van der Waals surface area contributed by atoms with Crippen molar-refractivity contribution in [2.45, 2.75) is 37.1 Å². The number of amides is 2. The largest absolute Gasteiger partial charge is 0.377 e. The number of benzene rings is 1. The minimum atomic E-state index is -3.34. The number of nitrogens with zero attached hydrogens (tertiary/aromatic N) is 5. The second kappa shape index (κ2) is 9.47. The number of aromatic nitrogens is 5. The van der Waals surface area contributed by atoms with Crippen LogP contribution in [0.15, 0.2) is 36.7 Å². The summed E-state index contributed by atoms with van der Waals surface area (Å²) in [5.74, 6) is 1.68. The van der Waals surface area contributed by atoms with E-state index in [0.29, 0.717) is 61.4 Å². The lowest BCUT2D eigenvalue weighted by Crippen LogP contribution is -2.44. The number of anilines is 2. The lowest BCUT2D eigenvalue weighted by atomic mass is 10.1. The minimum absolute atomic E-state index is 0.102. The number of hydrogen-bond donors (Lipinski definition) is 3. The van der Waals surface area contributed by atoms with Crippen LogP contribution in [0, 0.1) is 0 Å². The van der Waals surface area contributed by atoms with Crippen LogP contribution in [0.2, 0.25) is 0 Å². The van der Waals surface area contributed by atoms with E-state index < -0.39 is 14.6 Å². The third-order valence-corrected chi connectivity index (χ3v) is 8.57. The quantitative estimate of drug-likeness (QED) is 0.430. The van der Waals surface area contributed by atoms with E-state index in [2.05, 4.69) is 37.6 Å². The molecule has 2 amide bonds. The summed E-state index contributed by atoms with van der Waals surface area (Å²) in [6.07, 6.45) is 3.74. The molecule has 1 aromatic carbocycles. The number of carbonyl (C=O) groups excluding carboxylic acids is 1. The molecule has 3 heterocycles. The summed E-state index contributed by atoms with van der Waals surface area (Å²) in [5.41, 5.74) is 1.83. The van der Waals surface area contributed by atoms with E-state index in [9.17, 15) is 13.2 Å². The highest BCUT2D eigenvalue weighted by molar-refractivity contribution is 7.91. The summed E-state index contributed by atoms with van der Waals surface area (Å²) in [6.45, 7) is 4.09. The molecular formula is C23H28N8O4S. The van der Waals surface area contributed by atoms with Crippen molar-refractivity contribution in [1.82, 2.24) is 30.5 Å². The smallest absolute Gasteiger partial charge is 0.319 e. The van der Waals surface area contributed by atoms with E-state index in [1.165, 1.54) is 12.6 Å². The molecule has 3 N–H and O–H groups in total. The second-order valence-electron chi connectivity index (χ2n) is 9.14. The van der Waals surface area contributed by atoms with Crippen molar-refractivity contribution in [2.75, 3.05) is 36.2 Å². The van der Waals surface area contributed by atoms with E-state index in [-0.39, 0.29) is 18.6 Å². The molecule has 0 bridgehead atoms. The number of carbonyl (C=O) groups is 1. The summed E-state index contributed by atoms with van der Waals surface area (Å²) in [6, 6.07) is 8.64. The number of urea groups is 1. The average Bonchev–Trinajstić information content (AvgIpc) is 3.53. The summed E-state index contributed by atoms with van der Waals surface area (Å²) >= 11 is 0. The maximum atomic E-state index is 12.6. The molecule has 2 fully saturated rings. The Labute approximate surface area is 208 Å². The number of sulfone groups is 1. The average molecular weight is 513 g/mol. The van der Waals surface area contributed by atoms with Gasteiger partial charge in [0.1, 0.15) is 22.7 Å².